The van der Waals surface area contributed by atoms with E-state index in [1.54, 1.807) is 74.5 Å². The first kappa shape index (κ1) is 74.1. The summed E-state index contributed by atoms with van der Waals surface area (Å²) in [5, 5.41) is 28.6. The Morgan fingerprint density at radius 2 is 0.763 bits per heavy atom. The SMILES string of the molecule is CC(C)[C@@H](OCc1ccc(C(F)(F)F)cc1)C(=O)NC1(c2ccc(C(=O)O)cc2)CC1.COC(=O)c1ccc(C2(NC(=O)[C@H](O)C(C)C)CC2)cc1.COC(=O)c1ccc(C2(NC(=O)[C@H](OCc3ccc(C(F)(F)F)cc3)C(C)C)CC2)cc1.Fc1ccc(CBr)cc1. The van der Waals surface area contributed by atoms with Crippen molar-refractivity contribution in [3.8, 4) is 0 Å². The van der Waals surface area contributed by atoms with Crippen LogP contribution in [0.25, 0.3) is 0 Å². The van der Waals surface area contributed by atoms with E-state index in [2.05, 4.69) is 36.6 Å². The van der Waals surface area contributed by atoms with Gasteiger partial charge in [0.2, 0.25) is 17.7 Å². The number of aliphatic hydroxyl groups is 1. The molecule has 5 N–H and O–H groups in total. The van der Waals surface area contributed by atoms with E-state index in [9.17, 15) is 64.6 Å². The Balaban J connectivity index is 0.000000210. The Morgan fingerprint density at radius 3 is 1.02 bits per heavy atom. The Kier molecular flexibility index (Phi) is 25.7. The predicted octanol–water partition coefficient (Wildman–Crippen LogP) is 13.9. The van der Waals surface area contributed by atoms with Crippen LogP contribution in [-0.4, -0.2) is 78.4 Å². The zero-order valence-electron chi connectivity index (χ0n) is 52.7. The highest BCUT2D eigenvalue weighted by molar-refractivity contribution is 9.08. The van der Waals surface area contributed by atoms with Crippen molar-refractivity contribution in [3.63, 3.8) is 0 Å². The van der Waals surface area contributed by atoms with Gasteiger partial charge in [0.25, 0.3) is 0 Å². The second-order valence-corrected chi connectivity index (χ2v) is 24.6. The molecule has 3 amide bonds. The third kappa shape index (κ3) is 21.0. The monoisotopic (exact) mass is 1360 g/mol. The molecule has 0 bridgehead atoms. The van der Waals surface area contributed by atoms with Gasteiger partial charge in [-0.15, -0.1) is 0 Å². The molecular formula is C70H77BrF7N3O12. The number of benzene rings is 6. The van der Waals surface area contributed by atoms with Crippen LogP contribution in [0.1, 0.15) is 156 Å². The summed E-state index contributed by atoms with van der Waals surface area (Å²) in [6.45, 7) is 11.0. The fourth-order valence-corrected chi connectivity index (χ4v) is 10.1. The number of alkyl halides is 7. The number of methoxy groups -OCH3 is 2. The number of nitrogens with one attached hydrogen (secondary N) is 3. The van der Waals surface area contributed by atoms with E-state index in [-0.39, 0.29) is 66.0 Å². The molecule has 15 nitrogen and oxygen atoms in total. The molecule has 3 aliphatic carbocycles. The van der Waals surface area contributed by atoms with Gasteiger partial charge in [-0.2, -0.15) is 26.3 Å². The third-order valence-corrected chi connectivity index (χ3v) is 16.5. The van der Waals surface area contributed by atoms with Crippen LogP contribution in [0, 0.1) is 23.6 Å². The number of hydrogen-bond donors (Lipinski definition) is 5. The lowest BCUT2D eigenvalue weighted by Crippen LogP contribution is -2.44. The van der Waals surface area contributed by atoms with Crippen molar-refractivity contribution in [1.82, 2.24) is 16.0 Å². The van der Waals surface area contributed by atoms with Gasteiger partial charge in [-0.3, -0.25) is 14.4 Å². The van der Waals surface area contributed by atoms with Gasteiger partial charge in [-0.05, 0) is 162 Å². The minimum absolute atomic E-state index is 0.00864. The van der Waals surface area contributed by atoms with Crippen LogP contribution < -0.4 is 16.0 Å². The number of carboxylic acids is 1. The summed E-state index contributed by atoms with van der Waals surface area (Å²) in [5.41, 5.74) is 3.02. The summed E-state index contributed by atoms with van der Waals surface area (Å²) in [6, 6.07) is 36.1. The van der Waals surface area contributed by atoms with E-state index >= 15 is 0 Å². The second-order valence-electron chi connectivity index (χ2n) is 24.0. The molecule has 93 heavy (non-hydrogen) atoms. The number of amides is 3. The summed E-state index contributed by atoms with van der Waals surface area (Å²) in [4.78, 5) is 72.0. The van der Waals surface area contributed by atoms with Crippen molar-refractivity contribution in [2.75, 3.05) is 14.2 Å². The molecule has 0 radical (unpaired) electrons. The largest absolute Gasteiger partial charge is 0.478 e. The van der Waals surface area contributed by atoms with Gasteiger partial charge in [-0.1, -0.05) is 130 Å². The van der Waals surface area contributed by atoms with Crippen LogP contribution in [0.3, 0.4) is 0 Å². The second kappa shape index (κ2) is 32.2. The Labute approximate surface area is 544 Å². The first-order valence-electron chi connectivity index (χ1n) is 30.0. The van der Waals surface area contributed by atoms with Gasteiger partial charge in [0.05, 0.1) is 71.9 Å². The number of hydrogen-bond acceptors (Lipinski definition) is 11. The minimum atomic E-state index is -4.40. The molecule has 3 fully saturated rings. The summed E-state index contributed by atoms with van der Waals surface area (Å²) in [7, 11) is 2.65. The van der Waals surface area contributed by atoms with Gasteiger partial charge in [0.1, 0.15) is 24.1 Å². The first-order valence-corrected chi connectivity index (χ1v) is 31.1. The van der Waals surface area contributed by atoms with Crippen LogP contribution >= 0.6 is 15.9 Å². The van der Waals surface area contributed by atoms with Crippen LogP contribution in [0.5, 0.6) is 0 Å². The standard InChI is InChI=1S/C24H26F3NO4.C23H24F3NO4.C16H21NO4.C7H6BrF/c1-15(2)20(32-14-16-4-8-19(9-5-16)24(25,26)27)21(29)28-23(12-13-23)18-10-6-17(7-11-18)22(30)31-3;1-14(2)19(31-13-15-3-7-18(8-4-15)23(24,25)26)20(28)27-22(11-12-22)17-9-5-16(6-10-17)21(29)30;1-10(2)13(18)14(19)17-16(8-9-16)12-6-4-11(5-7-12)15(20)21-3;8-5-6-1-3-7(9)4-2-6/h4-11,15,20H,12-14H2,1-3H3,(H,28,29);3-10,14,19H,11-13H2,1-2H3,(H,27,28)(H,29,30);4-7,10,13,18H,8-9H2,1-3H3,(H,17,19);1-4H,5H2/t20-;19-;13-;/m111./s1. The van der Waals surface area contributed by atoms with Gasteiger partial charge >= 0.3 is 30.3 Å². The molecule has 0 saturated heterocycles. The van der Waals surface area contributed by atoms with E-state index in [4.69, 9.17) is 19.3 Å². The Bertz CT molecular complexity index is 3460. The number of carbonyl (C=O) groups is 6. The van der Waals surface area contributed by atoms with Crippen LogP contribution in [0.4, 0.5) is 30.7 Å². The average Bonchev–Trinajstić information content (AvgIpc) is 1.63. The molecular weight excluding hydrogens is 1290 g/mol. The molecule has 3 saturated carbocycles. The molecule has 0 aromatic heterocycles. The molecule has 3 atom stereocenters. The molecule has 6 aromatic rings. The molecule has 3 aliphatic rings. The van der Waals surface area contributed by atoms with E-state index in [1.165, 1.54) is 62.8 Å². The van der Waals surface area contributed by atoms with Crippen LogP contribution in [0.2, 0.25) is 0 Å². The third-order valence-electron chi connectivity index (χ3n) is 15.9. The Hall–Kier alpha value is -7.99. The number of carboxylic acid groups (broad SMARTS) is 1. The fourth-order valence-electron chi connectivity index (χ4n) is 9.74. The lowest BCUT2D eigenvalue weighted by Gasteiger charge is -2.25. The summed E-state index contributed by atoms with van der Waals surface area (Å²) < 4.78 is 109. The number of ether oxygens (including phenoxy) is 4. The summed E-state index contributed by atoms with van der Waals surface area (Å²) in [6.07, 6.45) is -6.68. The van der Waals surface area contributed by atoms with Crippen LogP contribution in [-0.2, 0) is 80.8 Å². The zero-order chi connectivity index (χ0) is 68.6. The van der Waals surface area contributed by atoms with Gasteiger partial charge < -0.3 is 45.1 Å². The van der Waals surface area contributed by atoms with E-state index in [0.29, 0.717) is 22.3 Å². The van der Waals surface area contributed by atoms with Crippen molar-refractivity contribution < 1.29 is 88.7 Å². The smallest absolute Gasteiger partial charge is 0.416 e. The van der Waals surface area contributed by atoms with Crippen molar-refractivity contribution in [2.45, 2.75) is 146 Å². The number of aliphatic hydroxyl groups excluding tert-OH is 1. The highest BCUT2D eigenvalue weighted by atomic mass is 79.9. The molecule has 0 heterocycles. The highest BCUT2D eigenvalue weighted by Gasteiger charge is 2.49. The summed E-state index contributed by atoms with van der Waals surface area (Å²) in [5.74, 6) is -3.35. The number of aromatic carboxylic acids is 1. The molecule has 0 aliphatic heterocycles. The van der Waals surface area contributed by atoms with Gasteiger partial charge in [0.15, 0.2) is 0 Å². The van der Waals surface area contributed by atoms with Crippen LogP contribution in [0.15, 0.2) is 146 Å². The van der Waals surface area contributed by atoms with Gasteiger partial charge in [-0.25, -0.2) is 18.8 Å². The molecule has 500 valence electrons. The minimum Gasteiger partial charge on any atom is -0.478 e. The maximum atomic E-state index is 13.0. The predicted molar refractivity (Wildman–Crippen MR) is 336 cm³/mol. The number of halogens is 8. The number of esters is 2. The van der Waals surface area contributed by atoms with E-state index in [1.807, 2.05) is 39.8 Å². The lowest BCUT2D eigenvalue weighted by molar-refractivity contribution is -0.139. The van der Waals surface area contributed by atoms with E-state index in [0.717, 1.165) is 90.4 Å². The van der Waals surface area contributed by atoms with E-state index < -0.39 is 70.3 Å². The molecule has 0 unspecified atom stereocenters. The summed E-state index contributed by atoms with van der Waals surface area (Å²) >= 11 is 3.26. The number of carbonyl (C=O) groups excluding carboxylic acids is 5. The fraction of sp³-hybridized carbons (Fsp3) is 0.400. The van der Waals surface area contributed by atoms with Crippen molar-refractivity contribution in [2.24, 2.45) is 17.8 Å². The maximum absolute atomic E-state index is 13.0. The molecule has 0 spiro atoms. The molecule has 9 rings (SSSR count). The Morgan fingerprint density at radius 1 is 0.462 bits per heavy atom. The maximum Gasteiger partial charge on any atom is 0.416 e. The first-order chi connectivity index (χ1) is 43.8. The molecule has 23 heteroatoms. The van der Waals surface area contributed by atoms with Crippen molar-refractivity contribution in [3.05, 3.63) is 213 Å². The number of rotatable bonds is 22. The van der Waals surface area contributed by atoms with Gasteiger partial charge in [0, 0.05) is 5.33 Å². The topological polar surface area (TPSA) is 216 Å². The zero-order valence-corrected chi connectivity index (χ0v) is 54.3. The molecule has 6 aromatic carbocycles. The normalized spacial score (nSPS) is 15.6. The quantitative estimate of drug-likeness (QED) is 0.0244. The highest BCUT2D eigenvalue weighted by Crippen LogP contribution is 2.48. The lowest BCUT2D eigenvalue weighted by atomic mass is 10.0. The average molecular weight is 1370 g/mol. The van der Waals surface area contributed by atoms with Crippen molar-refractivity contribution >= 4 is 51.6 Å². The van der Waals surface area contributed by atoms with Crippen molar-refractivity contribution in [1.29, 1.82) is 0 Å².